The van der Waals surface area contributed by atoms with Crippen LogP contribution in [0.4, 0.5) is 30.4 Å². The first-order valence-corrected chi connectivity index (χ1v) is 19.0. The normalized spacial score (nSPS) is 16.2. The van der Waals surface area contributed by atoms with Gasteiger partial charge in [0.1, 0.15) is 0 Å². The van der Waals surface area contributed by atoms with E-state index < -0.39 is 33.4 Å². The Morgan fingerprint density at radius 3 is 2.50 bits per heavy atom. The summed E-state index contributed by atoms with van der Waals surface area (Å²) < 4.78 is 50.1. The third kappa shape index (κ3) is 9.00. The summed E-state index contributed by atoms with van der Waals surface area (Å²) in [5.41, 5.74) is 2.50. The number of nitrogens with zero attached hydrogens (tertiary/aromatic N) is 6. The number of morpholine rings is 1. The molecule has 2 aliphatic rings. The van der Waals surface area contributed by atoms with E-state index in [1.165, 1.54) is 12.1 Å². The van der Waals surface area contributed by atoms with Crippen LogP contribution in [0.25, 0.3) is 11.3 Å². The van der Waals surface area contributed by atoms with Crippen LogP contribution in [0.5, 0.6) is 0 Å². The third-order valence-electron chi connectivity index (χ3n) is 9.06. The zero-order valence-electron chi connectivity index (χ0n) is 28.3. The van der Waals surface area contributed by atoms with Gasteiger partial charge in [-0.1, -0.05) is 6.92 Å². The zero-order chi connectivity index (χ0) is 35.1. The van der Waals surface area contributed by atoms with Gasteiger partial charge in [-0.05, 0) is 6.54 Å². The summed E-state index contributed by atoms with van der Waals surface area (Å²) in [4.78, 5) is 33.3. The summed E-state index contributed by atoms with van der Waals surface area (Å²) in [5.74, 6) is 0.139. The van der Waals surface area contributed by atoms with Gasteiger partial charge >= 0.3 is 280 Å². The van der Waals surface area contributed by atoms with Gasteiger partial charge in [-0.2, -0.15) is 0 Å². The number of carbonyl (C=O) groups excluding carboxylic acids is 1. The number of benzene rings is 2. The Hall–Kier alpha value is -4.03. The van der Waals surface area contributed by atoms with Crippen LogP contribution < -0.4 is 24.4 Å². The van der Waals surface area contributed by atoms with E-state index in [2.05, 4.69) is 30.4 Å². The fourth-order valence-corrected chi connectivity index (χ4v) is 8.75. The van der Waals surface area contributed by atoms with Gasteiger partial charge in [0.05, 0.1) is 0 Å². The number of alkyl halides is 3. The minimum atomic E-state index is -4.60. The maximum absolute atomic E-state index is 14.2. The number of hydrogen-bond acceptors (Lipinski definition) is 9. The van der Waals surface area contributed by atoms with Gasteiger partial charge in [-0.15, -0.1) is 0 Å². The van der Waals surface area contributed by atoms with Crippen molar-refractivity contribution in [3.8, 4) is 11.3 Å². The molecule has 1 unspecified atom stereocenters. The minimum absolute atomic E-state index is 0.0449. The number of amides is 1. The van der Waals surface area contributed by atoms with Gasteiger partial charge < -0.3 is 4.90 Å². The predicted molar refractivity (Wildman–Crippen MR) is 192 cm³/mol. The number of pyridine rings is 1. The average molecular weight is 751 g/mol. The number of anilines is 3. The topological polar surface area (TPSA) is 98.8 Å². The molecule has 264 valence electrons. The quantitative estimate of drug-likeness (QED) is 0.224. The molecule has 1 amide bonds. The molecule has 14 heteroatoms. The van der Waals surface area contributed by atoms with Crippen molar-refractivity contribution in [2.45, 2.75) is 20.0 Å². The molecule has 0 bridgehead atoms. The van der Waals surface area contributed by atoms with Crippen LogP contribution >= 0.6 is 0 Å². The number of aromatic nitrogens is 3. The molecule has 4 aromatic rings. The summed E-state index contributed by atoms with van der Waals surface area (Å²) in [7, 11) is 0. The number of piperazine rings is 1. The first kappa shape index (κ1) is 35.8. The van der Waals surface area contributed by atoms with Crippen LogP contribution in [-0.2, 0) is 10.9 Å². The van der Waals surface area contributed by atoms with Crippen molar-refractivity contribution >= 4 is 47.7 Å². The third-order valence-corrected chi connectivity index (χ3v) is 12.1. The van der Waals surface area contributed by atoms with Crippen LogP contribution in [0, 0.1) is 6.92 Å². The molecule has 0 aliphatic carbocycles. The Labute approximate surface area is 297 Å². The summed E-state index contributed by atoms with van der Waals surface area (Å²) in [5, 5.41) is 6.24. The monoisotopic (exact) mass is 750 g/mol. The van der Waals surface area contributed by atoms with Crippen molar-refractivity contribution in [3.63, 3.8) is 0 Å². The van der Waals surface area contributed by atoms with Crippen molar-refractivity contribution in [1.29, 1.82) is 0 Å². The average Bonchev–Trinajstić information content (AvgIpc) is 3.13. The van der Waals surface area contributed by atoms with E-state index >= 15 is 0 Å². The van der Waals surface area contributed by atoms with Gasteiger partial charge in [-0.3, -0.25) is 0 Å². The number of halogens is 3. The fraction of sp³-hybridized carbons (Fsp3) is 0.389. The standard InChI is InChI=1S/C36H42AsF3N8O2/c1-3-46-13-15-48(16-14-46)32-9-7-26(21-29(32)36(38,39)40)35(49)45-27-8-6-25(2)30(22-27)37-34-28(5-4-10-42-34)31-23-33(44-24-43-31)41-11-12-47-17-19-50-20-18-47/h4-10,21-24,37H,3,11-20H2,1-2H3,(H,45,49)(H,41,43,44). The summed E-state index contributed by atoms with van der Waals surface area (Å²) in [6.45, 7) is 12.3. The van der Waals surface area contributed by atoms with Crippen LogP contribution in [0.15, 0.2) is 67.1 Å². The number of nitrogens with one attached hydrogen (secondary N) is 2. The number of likely N-dealkylation sites (N-methyl/N-ethyl adjacent to an activating group) is 1. The van der Waals surface area contributed by atoms with Crippen molar-refractivity contribution in [1.82, 2.24) is 24.8 Å². The molecule has 1 atom stereocenters. The van der Waals surface area contributed by atoms with Gasteiger partial charge in [-0.25, -0.2) is 0 Å². The molecule has 2 N–H and O–H groups in total. The Balaban J connectivity index is 1.16. The first-order valence-electron chi connectivity index (χ1n) is 16.9. The van der Waals surface area contributed by atoms with E-state index in [-0.39, 0.29) is 11.3 Å². The molecule has 2 saturated heterocycles. The van der Waals surface area contributed by atoms with Crippen LogP contribution in [0.3, 0.4) is 0 Å². The van der Waals surface area contributed by atoms with Gasteiger partial charge in [0.15, 0.2) is 0 Å². The van der Waals surface area contributed by atoms with Crippen molar-refractivity contribution in [2.75, 3.05) is 87.7 Å². The van der Waals surface area contributed by atoms with E-state index in [1.54, 1.807) is 23.5 Å². The summed E-state index contributed by atoms with van der Waals surface area (Å²) in [6, 6.07) is 15.3. The Kier molecular flexibility index (Phi) is 11.7. The van der Waals surface area contributed by atoms with E-state index in [0.29, 0.717) is 31.9 Å². The van der Waals surface area contributed by atoms with E-state index in [4.69, 9.17) is 9.72 Å². The van der Waals surface area contributed by atoms with Crippen molar-refractivity contribution in [3.05, 3.63) is 83.8 Å². The molecule has 4 heterocycles. The molecule has 50 heavy (non-hydrogen) atoms. The van der Waals surface area contributed by atoms with Crippen LogP contribution in [-0.4, -0.2) is 119 Å². The van der Waals surface area contributed by atoms with Gasteiger partial charge in [0, 0.05) is 0 Å². The Morgan fingerprint density at radius 1 is 0.940 bits per heavy atom. The second-order valence-electron chi connectivity index (χ2n) is 12.3. The number of rotatable bonds is 11. The van der Waals surface area contributed by atoms with E-state index in [9.17, 15) is 18.0 Å². The predicted octanol–water partition coefficient (Wildman–Crippen LogP) is 3.39. The number of ether oxygens (including phenoxy) is 1. The Bertz CT molecular complexity index is 1780. The summed E-state index contributed by atoms with van der Waals surface area (Å²) in [6.07, 6.45) is -1.29. The Morgan fingerprint density at radius 2 is 1.74 bits per heavy atom. The van der Waals surface area contributed by atoms with Crippen LogP contribution in [0.1, 0.15) is 28.4 Å². The molecule has 10 nitrogen and oxygen atoms in total. The van der Waals surface area contributed by atoms with Crippen molar-refractivity contribution in [2.24, 2.45) is 0 Å². The second-order valence-corrected chi connectivity index (χ2v) is 15.0. The molecule has 2 aliphatic heterocycles. The van der Waals surface area contributed by atoms with Crippen molar-refractivity contribution < 1.29 is 22.7 Å². The van der Waals surface area contributed by atoms with Gasteiger partial charge in [0.2, 0.25) is 0 Å². The second kappa shape index (κ2) is 16.3. The number of hydrogen-bond donors (Lipinski definition) is 2. The van der Waals surface area contributed by atoms with Crippen LogP contribution in [0.2, 0.25) is 0 Å². The molecule has 2 aromatic carbocycles. The van der Waals surface area contributed by atoms with E-state index in [0.717, 1.165) is 83.5 Å². The SMILES string of the molecule is CCN1CCN(c2ccc(C(=O)Nc3ccc(C)c([AsH]c4ncccc4-c4cc(NCCN5CCOCC5)ncn4)c3)cc2C(F)(F)F)CC1. The molecule has 2 fully saturated rings. The molecule has 0 spiro atoms. The molecule has 0 radical (unpaired) electrons. The van der Waals surface area contributed by atoms with E-state index in [1.807, 2.05) is 44.2 Å². The molecule has 0 saturated carbocycles. The maximum atomic E-state index is 14.2. The zero-order valence-corrected chi connectivity index (χ0v) is 30.4. The number of carbonyl (C=O) groups is 1. The molecule has 2 aromatic heterocycles. The first-order chi connectivity index (χ1) is 24.2. The van der Waals surface area contributed by atoms with Gasteiger partial charge in [0.25, 0.3) is 0 Å². The fourth-order valence-electron chi connectivity index (χ4n) is 6.13. The number of aryl methyl sites for hydroxylation is 1. The molecular formula is C36H42AsF3N8O2. The molecule has 6 rings (SSSR count). The molecular weight excluding hydrogens is 708 g/mol. The summed E-state index contributed by atoms with van der Waals surface area (Å²) >= 11 is -1.00.